The van der Waals surface area contributed by atoms with Crippen LogP contribution in [-0.4, -0.2) is 26.6 Å². The summed E-state index contributed by atoms with van der Waals surface area (Å²) in [6.45, 7) is 0.141. The number of benzene rings is 1. The first-order chi connectivity index (χ1) is 11.8. The largest absolute Gasteiger partial charge is 0.331 e. The third kappa shape index (κ3) is 3.69. The van der Waals surface area contributed by atoms with Crippen molar-refractivity contribution in [2.45, 2.75) is 31.9 Å². The van der Waals surface area contributed by atoms with E-state index in [0.29, 0.717) is 9.70 Å². The minimum Gasteiger partial charge on any atom is -0.331 e. The predicted molar refractivity (Wildman–Crippen MR) is 90.2 cm³/mol. The van der Waals surface area contributed by atoms with Crippen molar-refractivity contribution in [1.29, 1.82) is 0 Å². The Hall–Kier alpha value is -1.54. The molecule has 9 heteroatoms. The Bertz CT molecular complexity index is 823. The van der Waals surface area contributed by atoms with E-state index in [9.17, 15) is 18.0 Å². The summed E-state index contributed by atoms with van der Waals surface area (Å²) in [5, 5.41) is 3.93. The zero-order valence-corrected chi connectivity index (χ0v) is 15.5. The number of aromatic nitrogens is 2. The smallest absolute Gasteiger partial charge is 0.283 e. The zero-order chi connectivity index (χ0) is 18.3. The van der Waals surface area contributed by atoms with E-state index in [2.05, 4.69) is 21.0 Å². The lowest BCUT2D eigenvalue weighted by molar-refractivity contribution is 0.0712. The van der Waals surface area contributed by atoms with Crippen molar-refractivity contribution in [1.82, 2.24) is 14.7 Å². The van der Waals surface area contributed by atoms with Crippen LogP contribution in [0.4, 0.5) is 13.2 Å². The number of nitrogens with zero attached hydrogens (tertiary/aromatic N) is 3. The van der Waals surface area contributed by atoms with Gasteiger partial charge in [-0.05, 0) is 36.6 Å². The van der Waals surface area contributed by atoms with Crippen molar-refractivity contribution >= 4 is 33.4 Å². The summed E-state index contributed by atoms with van der Waals surface area (Å²) in [6.07, 6.45) is -1.54. The molecule has 25 heavy (non-hydrogen) atoms. The molecule has 1 heterocycles. The molecule has 0 bridgehead atoms. The standard InChI is InChI=1S/C16H14BrClF3N3O/c1-23-15(21)12(13(22-23)14(19)20)16(25)24(10-3-4-10)7-8-6-9(18)2-5-11(8)17/h2,5-6,10,14H,3-4,7H2,1H3. The predicted octanol–water partition coefficient (Wildman–Crippen LogP) is 4.72. The zero-order valence-electron chi connectivity index (χ0n) is 13.1. The summed E-state index contributed by atoms with van der Waals surface area (Å²) in [7, 11) is 1.19. The van der Waals surface area contributed by atoms with Crippen molar-refractivity contribution in [2.24, 2.45) is 7.05 Å². The number of halogens is 5. The Morgan fingerprint density at radius 2 is 2.16 bits per heavy atom. The second kappa shape index (κ2) is 6.99. The van der Waals surface area contributed by atoms with E-state index < -0.39 is 29.5 Å². The molecule has 0 N–H and O–H groups in total. The number of amides is 1. The highest BCUT2D eigenvalue weighted by atomic mass is 79.9. The fraction of sp³-hybridized carbons (Fsp3) is 0.375. The molecule has 0 saturated heterocycles. The number of aryl methyl sites for hydroxylation is 1. The van der Waals surface area contributed by atoms with Gasteiger partial charge in [0.15, 0.2) is 0 Å². The molecule has 1 aromatic carbocycles. The summed E-state index contributed by atoms with van der Waals surface area (Å²) >= 11 is 9.37. The Morgan fingerprint density at radius 3 is 2.76 bits per heavy atom. The van der Waals surface area contributed by atoms with Crippen LogP contribution < -0.4 is 0 Å². The molecule has 0 radical (unpaired) electrons. The molecule has 1 fully saturated rings. The topological polar surface area (TPSA) is 38.1 Å². The first-order valence-corrected chi connectivity index (χ1v) is 8.72. The van der Waals surface area contributed by atoms with Crippen LogP contribution in [0.5, 0.6) is 0 Å². The first-order valence-electron chi connectivity index (χ1n) is 7.55. The molecule has 1 aliphatic rings. The summed E-state index contributed by atoms with van der Waals surface area (Å²) < 4.78 is 42.0. The maximum absolute atomic E-state index is 14.2. The molecule has 4 nitrogen and oxygen atoms in total. The Kier molecular flexibility index (Phi) is 5.11. The molecule has 134 valence electrons. The maximum atomic E-state index is 14.2. The van der Waals surface area contributed by atoms with Crippen LogP contribution in [0, 0.1) is 5.95 Å². The van der Waals surface area contributed by atoms with E-state index in [-0.39, 0.29) is 12.6 Å². The monoisotopic (exact) mass is 435 g/mol. The van der Waals surface area contributed by atoms with Crippen LogP contribution in [-0.2, 0) is 13.6 Å². The lowest BCUT2D eigenvalue weighted by atomic mass is 10.1. The molecule has 2 aromatic rings. The Morgan fingerprint density at radius 1 is 1.48 bits per heavy atom. The quantitative estimate of drug-likeness (QED) is 0.680. The van der Waals surface area contributed by atoms with Crippen LogP contribution in [0.15, 0.2) is 22.7 Å². The number of alkyl halides is 2. The van der Waals surface area contributed by atoms with Crippen LogP contribution in [0.1, 0.15) is 40.9 Å². The molecular weight excluding hydrogens is 423 g/mol. The highest BCUT2D eigenvalue weighted by Crippen LogP contribution is 2.34. The Balaban J connectivity index is 1.97. The second-order valence-corrected chi connectivity index (χ2v) is 7.17. The van der Waals surface area contributed by atoms with Gasteiger partial charge in [0.05, 0.1) is 0 Å². The molecule has 0 unspecified atom stereocenters. The van der Waals surface area contributed by atoms with E-state index in [1.165, 1.54) is 11.9 Å². The van der Waals surface area contributed by atoms with Crippen molar-refractivity contribution in [3.8, 4) is 0 Å². The third-order valence-electron chi connectivity index (χ3n) is 4.02. The van der Waals surface area contributed by atoms with Gasteiger partial charge < -0.3 is 4.90 Å². The van der Waals surface area contributed by atoms with Gasteiger partial charge in [0.2, 0.25) is 5.95 Å². The van der Waals surface area contributed by atoms with E-state index in [4.69, 9.17) is 11.6 Å². The lowest BCUT2D eigenvalue weighted by Crippen LogP contribution is -2.33. The summed E-state index contributed by atoms with van der Waals surface area (Å²) in [5.41, 5.74) is -0.779. The van der Waals surface area contributed by atoms with Gasteiger partial charge in [-0.2, -0.15) is 9.49 Å². The van der Waals surface area contributed by atoms with Crippen molar-refractivity contribution in [3.05, 3.63) is 50.5 Å². The number of carbonyl (C=O) groups excluding carboxylic acids is 1. The van der Waals surface area contributed by atoms with Crippen LogP contribution >= 0.6 is 27.5 Å². The molecule has 1 aliphatic carbocycles. The summed E-state index contributed by atoms with van der Waals surface area (Å²) in [5.74, 6) is -1.84. The number of carbonyl (C=O) groups is 1. The first kappa shape index (κ1) is 18.3. The van der Waals surface area contributed by atoms with Crippen LogP contribution in [0.2, 0.25) is 5.02 Å². The third-order valence-corrected chi connectivity index (χ3v) is 5.03. The SMILES string of the molecule is Cn1nc(C(F)F)c(C(=O)N(Cc2cc(Cl)ccc2Br)C2CC2)c1F. The molecule has 0 aliphatic heterocycles. The van der Waals surface area contributed by atoms with Gasteiger partial charge in [-0.25, -0.2) is 13.5 Å². The average Bonchev–Trinajstić information content (AvgIpc) is 3.34. The van der Waals surface area contributed by atoms with E-state index in [0.717, 1.165) is 22.9 Å². The molecule has 3 rings (SSSR count). The fourth-order valence-electron chi connectivity index (χ4n) is 2.62. The fourth-order valence-corrected chi connectivity index (χ4v) is 3.18. The Labute approximate surface area is 155 Å². The van der Waals surface area contributed by atoms with Crippen molar-refractivity contribution in [2.75, 3.05) is 0 Å². The minimum absolute atomic E-state index is 0.108. The van der Waals surface area contributed by atoms with Crippen LogP contribution in [0.3, 0.4) is 0 Å². The minimum atomic E-state index is -3.03. The van der Waals surface area contributed by atoms with Crippen molar-refractivity contribution in [3.63, 3.8) is 0 Å². The highest BCUT2D eigenvalue weighted by Gasteiger charge is 2.38. The summed E-state index contributed by atoms with van der Waals surface area (Å²) in [4.78, 5) is 14.2. The molecule has 0 atom stereocenters. The second-order valence-electron chi connectivity index (χ2n) is 5.88. The molecule has 1 amide bonds. The highest BCUT2D eigenvalue weighted by molar-refractivity contribution is 9.10. The van der Waals surface area contributed by atoms with E-state index >= 15 is 0 Å². The maximum Gasteiger partial charge on any atom is 0.283 e. The molecule has 0 spiro atoms. The lowest BCUT2D eigenvalue weighted by Gasteiger charge is -2.23. The normalized spacial score (nSPS) is 14.2. The van der Waals surface area contributed by atoms with E-state index in [1.807, 2.05) is 0 Å². The van der Waals surface area contributed by atoms with Gasteiger partial charge in [0.1, 0.15) is 11.3 Å². The van der Waals surface area contributed by atoms with Crippen molar-refractivity contribution < 1.29 is 18.0 Å². The van der Waals surface area contributed by atoms with Gasteiger partial charge in [-0.1, -0.05) is 27.5 Å². The van der Waals surface area contributed by atoms with Gasteiger partial charge in [0, 0.05) is 29.1 Å². The molecule has 1 aromatic heterocycles. The molecule has 1 saturated carbocycles. The average molecular weight is 437 g/mol. The van der Waals surface area contributed by atoms with Gasteiger partial charge in [-0.3, -0.25) is 4.79 Å². The summed E-state index contributed by atoms with van der Waals surface area (Å²) in [6, 6.07) is 5.00. The van der Waals surface area contributed by atoms with Gasteiger partial charge in [0.25, 0.3) is 12.3 Å². The van der Waals surface area contributed by atoms with Crippen LogP contribution in [0.25, 0.3) is 0 Å². The number of rotatable bonds is 5. The van der Waals surface area contributed by atoms with Gasteiger partial charge >= 0.3 is 0 Å². The number of hydrogen-bond acceptors (Lipinski definition) is 2. The molecular formula is C16H14BrClF3N3O. The van der Waals surface area contributed by atoms with E-state index in [1.54, 1.807) is 18.2 Å². The number of hydrogen-bond donors (Lipinski definition) is 0. The van der Waals surface area contributed by atoms with Gasteiger partial charge in [-0.15, -0.1) is 0 Å².